The molecular formula is C24H32N2O8S2. The summed E-state index contributed by atoms with van der Waals surface area (Å²) in [5.41, 5.74) is 0.643. The number of sulfone groups is 2. The molecule has 12 heteroatoms. The third-order valence-electron chi connectivity index (χ3n) is 6.60. The molecule has 2 aromatic carbocycles. The molecule has 1 aliphatic heterocycles. The normalized spacial score (nSPS) is 18.0. The molecule has 3 rings (SSSR count). The molecule has 0 aromatic heterocycles. The molecule has 0 amide bonds. The highest BCUT2D eigenvalue weighted by Crippen LogP contribution is 2.45. The minimum absolute atomic E-state index is 0.0204. The summed E-state index contributed by atoms with van der Waals surface area (Å²) in [5, 5.41) is 11.3. The van der Waals surface area contributed by atoms with Crippen molar-refractivity contribution in [2.45, 2.75) is 29.8 Å². The van der Waals surface area contributed by atoms with Crippen molar-refractivity contribution in [1.29, 1.82) is 0 Å². The van der Waals surface area contributed by atoms with Gasteiger partial charge in [-0.05, 0) is 62.5 Å². The van der Waals surface area contributed by atoms with Crippen molar-refractivity contribution in [3.05, 3.63) is 63.7 Å². The van der Waals surface area contributed by atoms with E-state index in [1.807, 2.05) is 30.1 Å². The molecule has 0 atom stereocenters. The van der Waals surface area contributed by atoms with E-state index in [0.29, 0.717) is 31.0 Å². The molecular weight excluding hydrogens is 508 g/mol. The van der Waals surface area contributed by atoms with E-state index in [-0.39, 0.29) is 42.0 Å². The van der Waals surface area contributed by atoms with Crippen LogP contribution in [0.2, 0.25) is 0 Å². The van der Waals surface area contributed by atoms with Gasteiger partial charge in [0.2, 0.25) is 0 Å². The molecule has 0 radical (unpaired) electrons. The number of non-ortho nitro benzene ring substituents is 1. The lowest BCUT2D eigenvalue weighted by Crippen LogP contribution is -2.50. The van der Waals surface area contributed by atoms with Gasteiger partial charge in [0.15, 0.2) is 35.3 Å². The molecule has 0 unspecified atom stereocenters. The van der Waals surface area contributed by atoms with E-state index in [4.69, 9.17) is 9.47 Å². The van der Waals surface area contributed by atoms with Gasteiger partial charge in [-0.2, -0.15) is 0 Å². The highest BCUT2D eigenvalue weighted by Gasteiger charge is 2.57. The highest BCUT2D eigenvalue weighted by atomic mass is 32.3. The molecule has 10 nitrogen and oxygen atoms in total. The molecule has 0 saturated carbocycles. The lowest BCUT2D eigenvalue weighted by Gasteiger charge is -2.37. The van der Waals surface area contributed by atoms with Crippen LogP contribution in [0.15, 0.2) is 42.5 Å². The van der Waals surface area contributed by atoms with Crippen molar-refractivity contribution in [1.82, 2.24) is 4.90 Å². The fourth-order valence-electron chi connectivity index (χ4n) is 4.68. The number of ether oxygens (including phenoxy) is 2. The molecule has 0 bridgehead atoms. The Morgan fingerprint density at radius 1 is 0.972 bits per heavy atom. The number of nitrogens with zero attached hydrogens (tertiary/aromatic N) is 2. The van der Waals surface area contributed by atoms with Gasteiger partial charge in [-0.15, -0.1) is 0 Å². The highest BCUT2D eigenvalue weighted by molar-refractivity contribution is 8.10. The van der Waals surface area contributed by atoms with Crippen molar-refractivity contribution >= 4 is 25.4 Å². The van der Waals surface area contributed by atoms with E-state index in [1.165, 1.54) is 18.2 Å². The maximum absolute atomic E-state index is 13.3. The first-order valence-electron chi connectivity index (χ1n) is 11.6. The number of benzene rings is 2. The third kappa shape index (κ3) is 5.50. The SMILES string of the molecule is COc1ccc(CCN(C)CCCC2(c3cccc([N+](=O)[O-])c3)S(=O)(=O)CCCS2(=O)=O)cc1OC. The first kappa shape index (κ1) is 27.9. The summed E-state index contributed by atoms with van der Waals surface area (Å²) in [7, 11) is -3.21. The van der Waals surface area contributed by atoms with Gasteiger partial charge < -0.3 is 14.4 Å². The summed E-state index contributed by atoms with van der Waals surface area (Å²) in [6.45, 7) is 1.10. The topological polar surface area (TPSA) is 133 Å². The second-order valence-corrected chi connectivity index (χ2v) is 13.8. The van der Waals surface area contributed by atoms with Crippen LogP contribution in [0.5, 0.6) is 11.5 Å². The summed E-state index contributed by atoms with van der Waals surface area (Å²) in [6.07, 6.45) is 0.833. The van der Waals surface area contributed by atoms with Gasteiger partial charge in [0, 0.05) is 18.7 Å². The molecule has 0 N–H and O–H groups in total. The van der Waals surface area contributed by atoms with E-state index in [9.17, 15) is 26.9 Å². The molecule has 1 fully saturated rings. The van der Waals surface area contributed by atoms with E-state index in [2.05, 4.69) is 0 Å². The summed E-state index contributed by atoms with van der Waals surface area (Å²) in [6, 6.07) is 10.7. The average Bonchev–Trinajstić information content (AvgIpc) is 2.83. The zero-order chi connectivity index (χ0) is 26.6. The van der Waals surface area contributed by atoms with Gasteiger partial charge in [0.25, 0.3) is 5.69 Å². The fraction of sp³-hybridized carbons (Fsp3) is 0.500. The molecule has 198 valence electrons. The lowest BCUT2D eigenvalue weighted by molar-refractivity contribution is -0.384. The van der Waals surface area contributed by atoms with Gasteiger partial charge in [0.05, 0.1) is 30.6 Å². The maximum atomic E-state index is 13.3. The Morgan fingerprint density at radius 3 is 2.25 bits per heavy atom. The summed E-state index contributed by atoms with van der Waals surface area (Å²) >= 11 is 0. The van der Waals surface area contributed by atoms with Crippen molar-refractivity contribution in [2.24, 2.45) is 0 Å². The smallest absolute Gasteiger partial charge is 0.269 e. The average molecular weight is 541 g/mol. The summed E-state index contributed by atoms with van der Waals surface area (Å²) < 4.78 is 61.7. The van der Waals surface area contributed by atoms with Crippen LogP contribution in [0, 0.1) is 10.1 Å². The number of nitro groups is 1. The van der Waals surface area contributed by atoms with Gasteiger partial charge in [0.1, 0.15) is 0 Å². The van der Waals surface area contributed by atoms with Gasteiger partial charge >= 0.3 is 0 Å². The van der Waals surface area contributed by atoms with Crippen molar-refractivity contribution in [3.63, 3.8) is 0 Å². The number of methoxy groups -OCH3 is 2. The Kier molecular flexibility index (Phi) is 8.63. The predicted molar refractivity (Wildman–Crippen MR) is 137 cm³/mol. The van der Waals surface area contributed by atoms with Gasteiger partial charge in [-0.25, -0.2) is 16.8 Å². The molecule has 1 aliphatic rings. The first-order chi connectivity index (χ1) is 17.0. The van der Waals surface area contributed by atoms with Gasteiger partial charge in [-0.3, -0.25) is 10.1 Å². The van der Waals surface area contributed by atoms with E-state index < -0.39 is 28.7 Å². The minimum atomic E-state index is -4.11. The van der Waals surface area contributed by atoms with Crippen LogP contribution in [0.3, 0.4) is 0 Å². The van der Waals surface area contributed by atoms with Crippen molar-refractivity contribution in [3.8, 4) is 11.5 Å². The number of hydrogen-bond acceptors (Lipinski definition) is 9. The van der Waals surface area contributed by atoms with Crippen LogP contribution in [-0.2, 0) is 30.2 Å². The van der Waals surface area contributed by atoms with Crippen molar-refractivity contribution in [2.75, 3.05) is 45.9 Å². The van der Waals surface area contributed by atoms with Crippen LogP contribution >= 0.6 is 0 Å². The number of nitro benzene ring substituents is 1. The molecule has 0 spiro atoms. The quantitative estimate of drug-likeness (QED) is 0.311. The second-order valence-electron chi connectivity index (χ2n) is 8.90. The first-order valence-corrected chi connectivity index (χ1v) is 14.9. The summed E-state index contributed by atoms with van der Waals surface area (Å²) in [4.78, 5) is 12.7. The fourth-order valence-corrected chi connectivity index (χ4v) is 10.5. The van der Waals surface area contributed by atoms with Crippen LogP contribution in [0.25, 0.3) is 0 Å². The molecule has 36 heavy (non-hydrogen) atoms. The summed E-state index contributed by atoms with van der Waals surface area (Å²) in [5.74, 6) is 0.717. The van der Waals surface area contributed by atoms with E-state index in [1.54, 1.807) is 14.2 Å². The standard InChI is InChI=1S/C24H32N2O8S2/c1-25(14-11-19-9-10-22(33-2)23(17-19)34-3)13-5-12-24(20-7-4-8-21(18-20)26(27)28)35(29,30)15-6-16-36(24,31)32/h4,7-10,17-18H,5-6,11-16H2,1-3H3. The zero-order valence-electron chi connectivity index (χ0n) is 20.7. The molecule has 1 saturated heterocycles. The Balaban J connectivity index is 1.78. The van der Waals surface area contributed by atoms with Crippen LogP contribution in [-0.4, -0.2) is 72.5 Å². The van der Waals surface area contributed by atoms with Crippen LogP contribution in [0.1, 0.15) is 30.4 Å². The zero-order valence-corrected chi connectivity index (χ0v) is 22.3. The lowest BCUT2D eigenvalue weighted by atomic mass is 10.1. The van der Waals surface area contributed by atoms with Crippen LogP contribution in [0.4, 0.5) is 5.69 Å². The number of likely N-dealkylation sites (N-methyl/N-ethyl adjacent to an activating group) is 1. The monoisotopic (exact) mass is 540 g/mol. The van der Waals surface area contributed by atoms with Gasteiger partial charge in [-0.1, -0.05) is 18.2 Å². The molecule has 2 aromatic rings. The van der Waals surface area contributed by atoms with Crippen LogP contribution < -0.4 is 9.47 Å². The Morgan fingerprint density at radius 2 is 1.64 bits per heavy atom. The third-order valence-corrected chi connectivity index (χ3v) is 12.7. The Bertz CT molecular complexity index is 1280. The Hall–Kier alpha value is -2.70. The Labute approximate surface area is 212 Å². The molecule has 0 aliphatic carbocycles. The second kappa shape index (κ2) is 11.1. The maximum Gasteiger partial charge on any atom is 0.269 e. The predicted octanol–water partition coefficient (Wildman–Crippen LogP) is 2.95. The number of hydrogen-bond donors (Lipinski definition) is 0. The van der Waals surface area contributed by atoms with Crippen molar-refractivity contribution < 1.29 is 31.2 Å². The minimum Gasteiger partial charge on any atom is -0.493 e. The van der Waals surface area contributed by atoms with E-state index >= 15 is 0 Å². The molecule has 1 heterocycles. The van der Waals surface area contributed by atoms with E-state index in [0.717, 1.165) is 11.6 Å². The number of rotatable bonds is 11. The largest absolute Gasteiger partial charge is 0.493 e.